The lowest BCUT2D eigenvalue weighted by molar-refractivity contribution is -0.118. The van der Waals surface area contributed by atoms with Crippen LogP contribution in [0.5, 0.6) is 5.75 Å². The molecule has 6 heteroatoms. The lowest BCUT2D eigenvalue weighted by atomic mass is 10.1. The Morgan fingerprint density at radius 2 is 2.00 bits per heavy atom. The van der Waals surface area contributed by atoms with Gasteiger partial charge in [0.2, 0.25) is 5.91 Å². The van der Waals surface area contributed by atoms with Crippen molar-refractivity contribution in [3.63, 3.8) is 0 Å². The molecule has 2 aromatic carbocycles. The number of hydrogen-bond acceptors (Lipinski definition) is 4. The molecule has 0 aliphatic rings. The molecule has 2 rings (SSSR count). The first-order valence-corrected chi connectivity index (χ1v) is 9.33. The summed E-state index contributed by atoms with van der Waals surface area (Å²) in [6, 6.07) is 12.1. The zero-order valence-corrected chi connectivity index (χ0v) is 15.7. The monoisotopic (exact) mass is 375 g/mol. The van der Waals surface area contributed by atoms with Crippen molar-refractivity contribution in [1.29, 1.82) is 0 Å². The number of halogens is 1. The second kappa shape index (κ2) is 9.97. The topological polar surface area (TPSA) is 55.4 Å². The Bertz CT molecular complexity index is 779. The number of amides is 1. The number of thioether (sulfide) groups is 1. The second-order valence-corrected chi connectivity index (χ2v) is 6.88. The van der Waals surface area contributed by atoms with E-state index in [1.54, 1.807) is 6.07 Å². The fraction of sp³-hybridized carbons (Fsp3) is 0.300. The molecular weight excluding hydrogens is 353 g/mol. The third-order valence-electron chi connectivity index (χ3n) is 3.60. The number of aryl methyl sites for hydroxylation is 1. The van der Waals surface area contributed by atoms with Crippen molar-refractivity contribution in [2.45, 2.75) is 25.2 Å². The van der Waals surface area contributed by atoms with Crippen LogP contribution in [0.15, 0.2) is 47.4 Å². The van der Waals surface area contributed by atoms with E-state index >= 15 is 0 Å². The molecule has 0 unspecified atom stereocenters. The van der Waals surface area contributed by atoms with Gasteiger partial charge in [-0.3, -0.25) is 9.59 Å². The number of hydrogen-bond donors (Lipinski definition) is 1. The Labute approximate surface area is 157 Å². The van der Waals surface area contributed by atoms with Crippen molar-refractivity contribution in [3.8, 4) is 5.75 Å². The summed E-state index contributed by atoms with van der Waals surface area (Å²) in [5, 5.41) is 2.78. The molecule has 0 aliphatic carbocycles. The molecule has 0 aromatic heterocycles. The predicted octanol–water partition coefficient (Wildman–Crippen LogP) is 4.01. The van der Waals surface area contributed by atoms with Crippen LogP contribution in [0.2, 0.25) is 0 Å². The van der Waals surface area contributed by atoms with Gasteiger partial charge in [-0.05, 0) is 50.1 Å². The average Bonchev–Trinajstić information content (AvgIpc) is 2.60. The van der Waals surface area contributed by atoms with Crippen LogP contribution >= 0.6 is 11.8 Å². The van der Waals surface area contributed by atoms with Crippen molar-refractivity contribution < 1.29 is 18.7 Å². The molecule has 4 nitrogen and oxygen atoms in total. The van der Waals surface area contributed by atoms with Gasteiger partial charge in [0.1, 0.15) is 11.6 Å². The fourth-order valence-corrected chi connectivity index (χ4v) is 2.98. The summed E-state index contributed by atoms with van der Waals surface area (Å²) in [5.41, 5.74) is 1.46. The van der Waals surface area contributed by atoms with Gasteiger partial charge >= 0.3 is 0 Å². The molecule has 0 radical (unpaired) electrons. The molecule has 0 fully saturated rings. The Kier molecular flexibility index (Phi) is 7.66. The van der Waals surface area contributed by atoms with E-state index in [9.17, 15) is 14.0 Å². The van der Waals surface area contributed by atoms with E-state index in [0.29, 0.717) is 30.0 Å². The van der Waals surface area contributed by atoms with Gasteiger partial charge in [-0.25, -0.2) is 4.39 Å². The van der Waals surface area contributed by atoms with Crippen molar-refractivity contribution >= 4 is 23.5 Å². The molecule has 0 spiro atoms. The standard InChI is InChI=1S/C20H22FNO3S/c1-14-5-3-6-17(11-14)25-10-4-9-22-20(24)13-26-19-8-7-16(15(2)23)12-18(19)21/h3,5-8,11-12H,4,9-10,13H2,1-2H3,(H,22,24). The lowest BCUT2D eigenvalue weighted by Gasteiger charge is -2.08. The SMILES string of the molecule is CC(=O)c1ccc(SCC(=O)NCCCOc2cccc(C)c2)c(F)c1. The molecule has 0 atom stereocenters. The van der Waals surface area contributed by atoms with Crippen LogP contribution in [0.1, 0.15) is 29.3 Å². The number of Topliss-reactive ketones (excluding diaryl/α,β-unsaturated/α-hetero) is 1. The van der Waals surface area contributed by atoms with Crippen molar-refractivity contribution in [2.75, 3.05) is 18.9 Å². The number of ketones is 1. The van der Waals surface area contributed by atoms with E-state index in [2.05, 4.69) is 5.32 Å². The molecule has 1 N–H and O–H groups in total. The maximum absolute atomic E-state index is 13.9. The van der Waals surface area contributed by atoms with Gasteiger partial charge in [-0.15, -0.1) is 11.8 Å². The van der Waals surface area contributed by atoms with Crippen LogP contribution in [0, 0.1) is 12.7 Å². The smallest absolute Gasteiger partial charge is 0.230 e. The maximum Gasteiger partial charge on any atom is 0.230 e. The third-order valence-corrected chi connectivity index (χ3v) is 4.65. The Hall–Kier alpha value is -2.34. The van der Waals surface area contributed by atoms with Gasteiger partial charge in [0.15, 0.2) is 5.78 Å². The number of benzene rings is 2. The van der Waals surface area contributed by atoms with E-state index in [0.717, 1.165) is 23.1 Å². The lowest BCUT2D eigenvalue weighted by Crippen LogP contribution is -2.27. The van der Waals surface area contributed by atoms with E-state index in [1.807, 2.05) is 31.2 Å². The number of rotatable bonds is 9. The first-order valence-electron chi connectivity index (χ1n) is 8.35. The average molecular weight is 375 g/mol. The molecule has 2 aromatic rings. The maximum atomic E-state index is 13.9. The van der Waals surface area contributed by atoms with Crippen LogP contribution in [0.3, 0.4) is 0 Å². The molecule has 0 bridgehead atoms. The van der Waals surface area contributed by atoms with Crippen molar-refractivity contribution in [3.05, 3.63) is 59.4 Å². The van der Waals surface area contributed by atoms with E-state index in [1.165, 1.54) is 19.1 Å². The Morgan fingerprint density at radius 1 is 1.19 bits per heavy atom. The molecule has 0 saturated heterocycles. The highest BCUT2D eigenvalue weighted by Crippen LogP contribution is 2.22. The Morgan fingerprint density at radius 3 is 2.69 bits per heavy atom. The fourth-order valence-electron chi connectivity index (χ4n) is 2.23. The highest BCUT2D eigenvalue weighted by atomic mass is 32.2. The minimum atomic E-state index is -0.484. The number of nitrogens with one attached hydrogen (secondary N) is 1. The molecule has 1 amide bonds. The highest BCUT2D eigenvalue weighted by molar-refractivity contribution is 8.00. The first kappa shape index (κ1) is 20.0. The van der Waals surface area contributed by atoms with E-state index in [4.69, 9.17) is 4.74 Å². The predicted molar refractivity (Wildman–Crippen MR) is 101 cm³/mol. The molecule has 0 heterocycles. The van der Waals surface area contributed by atoms with Crippen molar-refractivity contribution in [2.24, 2.45) is 0 Å². The summed E-state index contributed by atoms with van der Waals surface area (Å²) >= 11 is 1.11. The minimum Gasteiger partial charge on any atom is -0.494 e. The summed E-state index contributed by atoms with van der Waals surface area (Å²) in [5.74, 6) is 0.0971. The summed E-state index contributed by atoms with van der Waals surface area (Å²) in [4.78, 5) is 23.4. The van der Waals surface area contributed by atoms with Gasteiger partial charge in [0.25, 0.3) is 0 Å². The molecule has 138 valence electrons. The summed E-state index contributed by atoms with van der Waals surface area (Å²) in [6.07, 6.45) is 0.687. The summed E-state index contributed by atoms with van der Waals surface area (Å²) < 4.78 is 19.5. The van der Waals surface area contributed by atoms with Gasteiger partial charge in [0, 0.05) is 17.0 Å². The largest absolute Gasteiger partial charge is 0.494 e. The van der Waals surface area contributed by atoms with Crippen LogP contribution in [0.25, 0.3) is 0 Å². The second-order valence-electron chi connectivity index (χ2n) is 5.86. The van der Waals surface area contributed by atoms with Crippen LogP contribution in [-0.2, 0) is 4.79 Å². The normalized spacial score (nSPS) is 10.4. The number of ether oxygens (including phenoxy) is 1. The van der Waals surface area contributed by atoms with Gasteiger partial charge in [-0.1, -0.05) is 18.2 Å². The molecule has 26 heavy (non-hydrogen) atoms. The highest BCUT2D eigenvalue weighted by Gasteiger charge is 2.09. The minimum absolute atomic E-state index is 0.120. The zero-order chi connectivity index (χ0) is 18.9. The third kappa shape index (κ3) is 6.52. The summed E-state index contributed by atoms with van der Waals surface area (Å²) in [6.45, 7) is 4.40. The molecular formula is C20H22FNO3S. The van der Waals surface area contributed by atoms with Crippen molar-refractivity contribution in [1.82, 2.24) is 5.32 Å². The van der Waals surface area contributed by atoms with Gasteiger partial charge in [0.05, 0.1) is 12.4 Å². The molecule has 0 aliphatic heterocycles. The number of carbonyl (C=O) groups is 2. The zero-order valence-electron chi connectivity index (χ0n) is 14.9. The van der Waals surface area contributed by atoms with E-state index < -0.39 is 5.82 Å². The van der Waals surface area contributed by atoms with Crippen LogP contribution in [-0.4, -0.2) is 30.6 Å². The molecule has 0 saturated carbocycles. The van der Waals surface area contributed by atoms with Crippen LogP contribution < -0.4 is 10.1 Å². The van der Waals surface area contributed by atoms with Crippen LogP contribution in [0.4, 0.5) is 4.39 Å². The number of carbonyl (C=O) groups excluding carboxylic acids is 2. The summed E-state index contributed by atoms with van der Waals surface area (Å²) in [7, 11) is 0. The Balaban J connectivity index is 1.65. The van der Waals surface area contributed by atoms with Gasteiger partial charge in [-0.2, -0.15) is 0 Å². The quantitative estimate of drug-likeness (QED) is 0.409. The van der Waals surface area contributed by atoms with E-state index in [-0.39, 0.29) is 17.4 Å². The first-order chi connectivity index (χ1) is 12.5. The van der Waals surface area contributed by atoms with Gasteiger partial charge < -0.3 is 10.1 Å².